The number of hydrogen-bond donors (Lipinski definition) is 1. The van der Waals surface area contributed by atoms with Gasteiger partial charge in [0.2, 0.25) is 0 Å². The predicted octanol–water partition coefficient (Wildman–Crippen LogP) is 1.76. The first-order valence-corrected chi connectivity index (χ1v) is 7.43. The van der Waals surface area contributed by atoms with Crippen molar-refractivity contribution in [2.24, 2.45) is 0 Å². The number of nitrogens with zero attached hydrogens (tertiary/aromatic N) is 1. The molecular weight excluding hydrogens is 268 g/mol. The highest BCUT2D eigenvalue weighted by Gasteiger charge is 2.17. The second-order valence-corrected chi connectivity index (χ2v) is 5.34. The van der Waals surface area contributed by atoms with Crippen LogP contribution in [-0.4, -0.2) is 36.5 Å². The van der Waals surface area contributed by atoms with Gasteiger partial charge >= 0.3 is 5.97 Å². The van der Waals surface area contributed by atoms with E-state index in [9.17, 15) is 9.59 Å². The molecule has 114 valence electrons. The second kappa shape index (κ2) is 7.67. The summed E-state index contributed by atoms with van der Waals surface area (Å²) in [5, 5.41) is 0. The number of anilines is 1. The van der Waals surface area contributed by atoms with Crippen molar-refractivity contribution >= 4 is 17.6 Å². The van der Waals surface area contributed by atoms with Crippen LogP contribution < -0.4 is 5.73 Å². The number of esters is 1. The zero-order chi connectivity index (χ0) is 15.1. The number of rotatable bonds is 5. The fraction of sp³-hybridized carbons (Fsp3) is 0.500. The number of carbonyl (C=O) groups excluding carboxylic acids is 2. The quantitative estimate of drug-likeness (QED) is 0.662. The minimum atomic E-state index is -0.336. The Kier molecular flexibility index (Phi) is 5.60. The van der Waals surface area contributed by atoms with Gasteiger partial charge in [0.15, 0.2) is 6.61 Å². The highest BCUT2D eigenvalue weighted by Crippen LogP contribution is 2.10. The molecule has 0 unspecified atom stereocenters. The summed E-state index contributed by atoms with van der Waals surface area (Å²) in [6.45, 7) is 1.42. The second-order valence-electron chi connectivity index (χ2n) is 5.34. The van der Waals surface area contributed by atoms with Gasteiger partial charge in [-0.05, 0) is 43.4 Å². The van der Waals surface area contributed by atoms with Crippen LogP contribution in [0.25, 0.3) is 0 Å². The molecule has 1 aliphatic rings. The third-order valence-corrected chi connectivity index (χ3v) is 3.66. The number of nitrogens with two attached hydrogens (primary N) is 1. The maximum atomic E-state index is 11.8. The van der Waals surface area contributed by atoms with E-state index >= 15 is 0 Å². The summed E-state index contributed by atoms with van der Waals surface area (Å²) in [5.74, 6) is -0.423. The number of nitrogen functional groups attached to an aromatic ring is 1. The molecule has 1 aromatic rings. The van der Waals surface area contributed by atoms with Gasteiger partial charge in [0.1, 0.15) is 0 Å². The van der Waals surface area contributed by atoms with Crippen molar-refractivity contribution in [3.05, 3.63) is 29.8 Å². The Balaban J connectivity index is 1.67. The number of likely N-dealkylation sites (tertiary alicyclic amines) is 1. The van der Waals surface area contributed by atoms with E-state index in [1.807, 2.05) is 12.1 Å². The predicted molar refractivity (Wildman–Crippen MR) is 80.6 cm³/mol. The lowest BCUT2D eigenvalue weighted by Gasteiger charge is -2.26. The zero-order valence-electron chi connectivity index (χ0n) is 12.2. The fourth-order valence-electron chi connectivity index (χ4n) is 2.38. The third kappa shape index (κ3) is 5.10. The van der Waals surface area contributed by atoms with Crippen molar-refractivity contribution in [1.29, 1.82) is 0 Å². The van der Waals surface area contributed by atoms with Crippen LogP contribution >= 0.6 is 0 Å². The summed E-state index contributed by atoms with van der Waals surface area (Å²) in [5.41, 5.74) is 7.33. The van der Waals surface area contributed by atoms with Crippen LogP contribution in [0.15, 0.2) is 24.3 Å². The first-order chi connectivity index (χ1) is 10.1. The van der Waals surface area contributed by atoms with Crippen LogP contribution in [0.3, 0.4) is 0 Å². The van der Waals surface area contributed by atoms with Gasteiger partial charge in [-0.15, -0.1) is 0 Å². The summed E-state index contributed by atoms with van der Waals surface area (Å²) in [6.07, 6.45) is 4.12. The molecule has 21 heavy (non-hydrogen) atoms. The lowest BCUT2D eigenvalue weighted by Crippen LogP contribution is -2.38. The van der Waals surface area contributed by atoms with E-state index in [4.69, 9.17) is 10.5 Å². The number of piperidine rings is 1. The van der Waals surface area contributed by atoms with Gasteiger partial charge in [0, 0.05) is 25.2 Å². The van der Waals surface area contributed by atoms with Crippen LogP contribution in [0.4, 0.5) is 5.69 Å². The van der Waals surface area contributed by atoms with Gasteiger partial charge < -0.3 is 15.4 Å². The molecule has 1 amide bonds. The average molecular weight is 290 g/mol. The van der Waals surface area contributed by atoms with Gasteiger partial charge in [-0.3, -0.25) is 9.59 Å². The molecule has 0 spiro atoms. The monoisotopic (exact) mass is 290 g/mol. The Hall–Kier alpha value is -2.04. The Bertz CT molecular complexity index is 479. The summed E-state index contributed by atoms with van der Waals surface area (Å²) >= 11 is 0. The Morgan fingerprint density at radius 2 is 1.76 bits per heavy atom. The van der Waals surface area contributed by atoms with E-state index in [-0.39, 0.29) is 24.9 Å². The molecule has 2 N–H and O–H groups in total. The highest BCUT2D eigenvalue weighted by atomic mass is 16.5. The molecule has 1 heterocycles. The lowest BCUT2D eigenvalue weighted by atomic mass is 10.1. The van der Waals surface area contributed by atoms with Crippen LogP contribution in [0.1, 0.15) is 31.2 Å². The molecule has 1 aliphatic heterocycles. The topological polar surface area (TPSA) is 72.6 Å². The molecule has 0 aliphatic carbocycles. The van der Waals surface area contributed by atoms with E-state index in [1.54, 1.807) is 17.0 Å². The van der Waals surface area contributed by atoms with Crippen molar-refractivity contribution in [3.63, 3.8) is 0 Å². The largest absolute Gasteiger partial charge is 0.456 e. The fourth-order valence-corrected chi connectivity index (χ4v) is 2.38. The molecule has 0 bridgehead atoms. The average Bonchev–Trinajstić information content (AvgIpc) is 2.53. The number of aryl methyl sites for hydroxylation is 1. The van der Waals surface area contributed by atoms with E-state index in [0.29, 0.717) is 12.1 Å². The van der Waals surface area contributed by atoms with Crippen molar-refractivity contribution in [2.75, 3.05) is 25.4 Å². The third-order valence-electron chi connectivity index (χ3n) is 3.66. The zero-order valence-corrected chi connectivity index (χ0v) is 12.2. The van der Waals surface area contributed by atoms with E-state index in [1.165, 1.54) is 6.42 Å². The number of carbonyl (C=O) groups is 2. The molecule has 2 rings (SSSR count). The summed E-state index contributed by atoms with van der Waals surface area (Å²) < 4.78 is 5.05. The molecule has 1 aromatic carbocycles. The maximum Gasteiger partial charge on any atom is 0.306 e. The van der Waals surface area contributed by atoms with Gasteiger partial charge in [-0.1, -0.05) is 12.1 Å². The van der Waals surface area contributed by atoms with Crippen LogP contribution in [0.2, 0.25) is 0 Å². The SMILES string of the molecule is Nc1ccc(CCC(=O)OCC(=O)N2CCCCC2)cc1. The minimum absolute atomic E-state index is 0.0875. The molecule has 5 heteroatoms. The first-order valence-electron chi connectivity index (χ1n) is 7.43. The number of benzene rings is 1. The van der Waals surface area contributed by atoms with Crippen LogP contribution in [-0.2, 0) is 20.7 Å². The van der Waals surface area contributed by atoms with Gasteiger partial charge in [-0.25, -0.2) is 0 Å². The van der Waals surface area contributed by atoms with E-state index < -0.39 is 0 Å². The molecule has 1 fully saturated rings. The number of hydrogen-bond acceptors (Lipinski definition) is 4. The molecular formula is C16H22N2O3. The van der Waals surface area contributed by atoms with Crippen molar-refractivity contribution < 1.29 is 14.3 Å². The molecule has 0 aromatic heterocycles. The van der Waals surface area contributed by atoms with Gasteiger partial charge in [-0.2, -0.15) is 0 Å². The normalized spacial score (nSPS) is 14.8. The molecule has 1 saturated heterocycles. The number of amides is 1. The van der Waals surface area contributed by atoms with Crippen molar-refractivity contribution in [1.82, 2.24) is 4.90 Å². The van der Waals surface area contributed by atoms with Crippen LogP contribution in [0.5, 0.6) is 0 Å². The number of ether oxygens (including phenoxy) is 1. The first kappa shape index (κ1) is 15.4. The van der Waals surface area contributed by atoms with E-state index in [2.05, 4.69) is 0 Å². The van der Waals surface area contributed by atoms with E-state index in [0.717, 1.165) is 31.5 Å². The van der Waals surface area contributed by atoms with Crippen molar-refractivity contribution in [2.45, 2.75) is 32.1 Å². The molecule has 0 atom stereocenters. The van der Waals surface area contributed by atoms with Crippen molar-refractivity contribution in [3.8, 4) is 0 Å². The minimum Gasteiger partial charge on any atom is -0.456 e. The smallest absolute Gasteiger partial charge is 0.306 e. The Morgan fingerprint density at radius 1 is 1.10 bits per heavy atom. The highest BCUT2D eigenvalue weighted by molar-refractivity contribution is 5.80. The Morgan fingerprint density at radius 3 is 2.43 bits per heavy atom. The lowest BCUT2D eigenvalue weighted by molar-refractivity contribution is -0.152. The summed E-state index contributed by atoms with van der Waals surface area (Å²) in [6, 6.07) is 7.39. The summed E-state index contributed by atoms with van der Waals surface area (Å²) in [7, 11) is 0. The molecule has 5 nitrogen and oxygen atoms in total. The van der Waals surface area contributed by atoms with Gasteiger partial charge in [0.05, 0.1) is 0 Å². The Labute approximate surface area is 125 Å². The molecule has 0 radical (unpaired) electrons. The maximum absolute atomic E-state index is 11.8. The summed E-state index contributed by atoms with van der Waals surface area (Å²) in [4.78, 5) is 25.3. The molecule has 0 saturated carbocycles. The standard InChI is InChI=1S/C16H22N2O3/c17-14-7-4-13(5-8-14)6-9-16(20)21-12-15(19)18-10-2-1-3-11-18/h4-5,7-8H,1-3,6,9-12,17H2. The van der Waals surface area contributed by atoms with Gasteiger partial charge in [0.25, 0.3) is 5.91 Å². The van der Waals surface area contributed by atoms with Crippen LogP contribution in [0, 0.1) is 0 Å².